The van der Waals surface area contributed by atoms with Gasteiger partial charge in [-0.1, -0.05) is 46.3 Å². The number of carbonyl (C=O) groups excluding carboxylic acids is 2. The van der Waals surface area contributed by atoms with Crippen LogP contribution in [-0.4, -0.2) is 30.0 Å². The SMILES string of the molecule is C[C@]1(c2cccc(Br)c2)NC(=O)N(CCOc2ccccc2)C1=O. The molecule has 2 aromatic carbocycles. The number of imide groups is 1. The zero-order valence-corrected chi connectivity index (χ0v) is 14.7. The number of benzene rings is 2. The molecule has 1 heterocycles. The van der Waals surface area contributed by atoms with Gasteiger partial charge in [0.2, 0.25) is 0 Å². The summed E-state index contributed by atoms with van der Waals surface area (Å²) in [4.78, 5) is 26.2. The quantitative estimate of drug-likeness (QED) is 0.799. The van der Waals surface area contributed by atoms with Gasteiger partial charge in [0.15, 0.2) is 0 Å². The third-order valence-electron chi connectivity index (χ3n) is 4.00. The summed E-state index contributed by atoms with van der Waals surface area (Å²) < 4.78 is 6.43. The van der Waals surface area contributed by atoms with Crippen LogP contribution in [-0.2, 0) is 10.3 Å². The van der Waals surface area contributed by atoms with E-state index >= 15 is 0 Å². The van der Waals surface area contributed by atoms with Gasteiger partial charge in [-0.25, -0.2) is 4.79 Å². The van der Waals surface area contributed by atoms with E-state index in [1.165, 1.54) is 4.90 Å². The second kappa shape index (κ2) is 6.65. The van der Waals surface area contributed by atoms with Crippen molar-refractivity contribution in [2.24, 2.45) is 0 Å². The van der Waals surface area contributed by atoms with Crippen LogP contribution in [0.5, 0.6) is 5.75 Å². The van der Waals surface area contributed by atoms with E-state index in [0.29, 0.717) is 5.75 Å². The molecule has 6 heteroatoms. The van der Waals surface area contributed by atoms with Crippen LogP contribution in [0.2, 0.25) is 0 Å². The first-order valence-corrected chi connectivity index (χ1v) is 8.38. The number of rotatable bonds is 5. The fourth-order valence-electron chi connectivity index (χ4n) is 2.67. The highest BCUT2D eigenvalue weighted by atomic mass is 79.9. The molecule has 1 saturated heterocycles. The van der Waals surface area contributed by atoms with E-state index in [-0.39, 0.29) is 19.1 Å². The summed E-state index contributed by atoms with van der Waals surface area (Å²) >= 11 is 3.39. The fourth-order valence-corrected chi connectivity index (χ4v) is 3.07. The van der Waals surface area contributed by atoms with E-state index in [9.17, 15) is 9.59 Å². The Balaban J connectivity index is 1.70. The predicted molar refractivity (Wildman–Crippen MR) is 93.7 cm³/mol. The first-order chi connectivity index (χ1) is 11.5. The van der Waals surface area contributed by atoms with Crippen LogP contribution in [0.15, 0.2) is 59.1 Å². The van der Waals surface area contributed by atoms with E-state index in [0.717, 1.165) is 10.0 Å². The molecule has 1 atom stereocenters. The summed E-state index contributed by atoms with van der Waals surface area (Å²) in [6, 6.07) is 16.3. The first-order valence-electron chi connectivity index (χ1n) is 7.59. The standard InChI is InChI=1S/C18H17BrN2O3/c1-18(13-6-5-7-14(19)12-13)16(22)21(17(23)20-18)10-11-24-15-8-3-2-4-9-15/h2-9,12H,10-11H2,1H3,(H,20,23)/t18-/m1/s1. The Labute approximate surface area is 148 Å². The third-order valence-corrected chi connectivity index (χ3v) is 4.50. The van der Waals surface area contributed by atoms with Gasteiger partial charge in [-0.2, -0.15) is 0 Å². The number of nitrogens with zero attached hydrogens (tertiary/aromatic N) is 1. The fraction of sp³-hybridized carbons (Fsp3) is 0.222. The normalized spacial score (nSPS) is 20.2. The summed E-state index contributed by atoms with van der Waals surface area (Å²) in [6.45, 7) is 2.16. The Hall–Kier alpha value is -2.34. The van der Waals surface area contributed by atoms with Gasteiger partial charge in [-0.15, -0.1) is 0 Å². The van der Waals surface area contributed by atoms with E-state index in [4.69, 9.17) is 4.74 Å². The number of para-hydroxylation sites is 1. The molecule has 2 aromatic rings. The maximum absolute atomic E-state index is 12.8. The highest BCUT2D eigenvalue weighted by Gasteiger charge is 2.48. The summed E-state index contributed by atoms with van der Waals surface area (Å²) in [6.07, 6.45) is 0. The smallest absolute Gasteiger partial charge is 0.325 e. The number of ether oxygens (including phenoxy) is 1. The lowest BCUT2D eigenvalue weighted by molar-refractivity contribution is -0.131. The van der Waals surface area contributed by atoms with Gasteiger partial charge in [-0.05, 0) is 36.8 Å². The van der Waals surface area contributed by atoms with Crippen molar-refractivity contribution >= 4 is 27.9 Å². The Kier molecular flexibility index (Phi) is 4.57. The van der Waals surface area contributed by atoms with Crippen molar-refractivity contribution in [1.29, 1.82) is 0 Å². The van der Waals surface area contributed by atoms with Crippen LogP contribution < -0.4 is 10.1 Å². The Morgan fingerprint density at radius 3 is 2.58 bits per heavy atom. The van der Waals surface area contributed by atoms with E-state index in [1.807, 2.05) is 54.6 Å². The average molecular weight is 389 g/mol. The summed E-state index contributed by atoms with van der Waals surface area (Å²) in [7, 11) is 0. The van der Waals surface area contributed by atoms with Crippen molar-refractivity contribution in [3.05, 3.63) is 64.6 Å². The molecule has 0 spiro atoms. The van der Waals surface area contributed by atoms with Crippen LogP contribution in [0.1, 0.15) is 12.5 Å². The molecule has 0 aliphatic carbocycles. The molecule has 1 aliphatic rings. The molecule has 24 heavy (non-hydrogen) atoms. The summed E-state index contributed by atoms with van der Waals surface area (Å²) in [5.74, 6) is 0.432. The Morgan fingerprint density at radius 1 is 1.12 bits per heavy atom. The van der Waals surface area contributed by atoms with Crippen molar-refractivity contribution in [2.75, 3.05) is 13.2 Å². The van der Waals surface area contributed by atoms with Crippen molar-refractivity contribution in [2.45, 2.75) is 12.5 Å². The second-order valence-corrected chi connectivity index (χ2v) is 6.60. The Morgan fingerprint density at radius 2 is 1.88 bits per heavy atom. The molecule has 0 bridgehead atoms. The number of carbonyl (C=O) groups is 2. The zero-order chi connectivity index (χ0) is 17.2. The third kappa shape index (κ3) is 3.14. The lowest BCUT2D eigenvalue weighted by Crippen LogP contribution is -2.41. The number of halogens is 1. The molecular formula is C18H17BrN2O3. The molecular weight excluding hydrogens is 372 g/mol. The molecule has 0 saturated carbocycles. The number of nitrogens with one attached hydrogen (secondary N) is 1. The predicted octanol–water partition coefficient (Wildman–Crippen LogP) is 3.30. The molecule has 5 nitrogen and oxygen atoms in total. The maximum Gasteiger partial charge on any atom is 0.325 e. The van der Waals surface area contributed by atoms with Crippen LogP contribution in [0.25, 0.3) is 0 Å². The van der Waals surface area contributed by atoms with Crippen molar-refractivity contribution < 1.29 is 14.3 Å². The van der Waals surface area contributed by atoms with Gasteiger partial charge in [0.05, 0.1) is 6.54 Å². The maximum atomic E-state index is 12.8. The molecule has 0 unspecified atom stereocenters. The summed E-state index contributed by atoms with van der Waals surface area (Å²) in [5, 5.41) is 2.78. The molecule has 0 radical (unpaired) electrons. The van der Waals surface area contributed by atoms with Crippen LogP contribution >= 0.6 is 15.9 Å². The van der Waals surface area contributed by atoms with Gasteiger partial charge in [0, 0.05) is 4.47 Å². The lowest BCUT2D eigenvalue weighted by Gasteiger charge is -2.22. The number of urea groups is 1. The number of hydrogen-bond acceptors (Lipinski definition) is 3. The highest BCUT2D eigenvalue weighted by molar-refractivity contribution is 9.10. The number of hydrogen-bond donors (Lipinski definition) is 1. The van der Waals surface area contributed by atoms with Crippen LogP contribution in [0.4, 0.5) is 4.79 Å². The van der Waals surface area contributed by atoms with Crippen LogP contribution in [0, 0.1) is 0 Å². The monoisotopic (exact) mass is 388 g/mol. The van der Waals surface area contributed by atoms with Crippen molar-refractivity contribution in [1.82, 2.24) is 10.2 Å². The molecule has 3 rings (SSSR count). The summed E-state index contributed by atoms with van der Waals surface area (Å²) in [5.41, 5.74) is -0.324. The zero-order valence-electron chi connectivity index (χ0n) is 13.2. The largest absolute Gasteiger partial charge is 0.492 e. The molecule has 1 fully saturated rings. The van der Waals surface area contributed by atoms with E-state index < -0.39 is 11.6 Å². The van der Waals surface area contributed by atoms with Gasteiger partial charge >= 0.3 is 6.03 Å². The minimum Gasteiger partial charge on any atom is -0.492 e. The van der Waals surface area contributed by atoms with Gasteiger partial charge in [-0.3, -0.25) is 9.69 Å². The lowest BCUT2D eigenvalue weighted by atomic mass is 9.92. The first kappa shape index (κ1) is 16.5. The van der Waals surface area contributed by atoms with Gasteiger partial charge in [0.25, 0.3) is 5.91 Å². The van der Waals surface area contributed by atoms with Gasteiger partial charge < -0.3 is 10.1 Å². The topological polar surface area (TPSA) is 58.6 Å². The second-order valence-electron chi connectivity index (χ2n) is 5.68. The molecule has 3 amide bonds. The minimum absolute atomic E-state index is 0.198. The average Bonchev–Trinajstić information content (AvgIpc) is 2.80. The van der Waals surface area contributed by atoms with Gasteiger partial charge in [0.1, 0.15) is 17.9 Å². The van der Waals surface area contributed by atoms with Crippen molar-refractivity contribution in [3.8, 4) is 5.75 Å². The molecule has 1 N–H and O–H groups in total. The number of amides is 3. The van der Waals surface area contributed by atoms with E-state index in [1.54, 1.807) is 6.92 Å². The van der Waals surface area contributed by atoms with Crippen molar-refractivity contribution in [3.63, 3.8) is 0 Å². The van der Waals surface area contributed by atoms with E-state index in [2.05, 4.69) is 21.2 Å². The van der Waals surface area contributed by atoms with Crippen LogP contribution in [0.3, 0.4) is 0 Å². The molecule has 1 aliphatic heterocycles. The molecule has 0 aromatic heterocycles. The highest BCUT2D eigenvalue weighted by Crippen LogP contribution is 2.30. The molecule has 124 valence electrons. The Bertz CT molecular complexity index is 766. The minimum atomic E-state index is -1.06.